The van der Waals surface area contributed by atoms with Crippen LogP contribution in [-0.4, -0.2) is 24.4 Å². The van der Waals surface area contributed by atoms with Gasteiger partial charge in [0.1, 0.15) is 6.04 Å². The first kappa shape index (κ1) is 10.7. The predicted octanol–water partition coefficient (Wildman–Crippen LogP) is 1.62. The fourth-order valence-corrected chi connectivity index (χ4v) is 1.77. The Morgan fingerprint density at radius 3 is 3.00 bits per heavy atom. The maximum absolute atomic E-state index is 11.8. The number of carbonyl (C=O) groups excluding carboxylic acids is 2. The van der Waals surface area contributed by atoms with Gasteiger partial charge in [-0.3, -0.25) is 4.79 Å². The molecule has 1 aliphatic heterocycles. The number of fused-ring (bicyclic) bond motifs is 1. The number of benzene rings is 1. The topological polar surface area (TPSA) is 55.4 Å². The lowest BCUT2D eigenvalue weighted by Crippen LogP contribution is -2.37. The van der Waals surface area contributed by atoms with Gasteiger partial charge in [-0.2, -0.15) is 0 Å². The van der Waals surface area contributed by atoms with Gasteiger partial charge in [-0.25, -0.2) is 4.79 Å². The Labute approximate surface area is 93.6 Å². The van der Waals surface area contributed by atoms with Crippen molar-refractivity contribution in [2.24, 2.45) is 0 Å². The SMILES string of the molecule is CCOC(=O)[C@@H]1CC(=O)c2ccccc2N1. The van der Waals surface area contributed by atoms with Crippen LogP contribution in [0.25, 0.3) is 0 Å². The molecule has 0 radical (unpaired) electrons. The summed E-state index contributed by atoms with van der Waals surface area (Å²) in [5.41, 5.74) is 1.35. The fourth-order valence-electron chi connectivity index (χ4n) is 1.77. The lowest BCUT2D eigenvalue weighted by Gasteiger charge is -2.24. The molecule has 1 heterocycles. The molecule has 0 bridgehead atoms. The van der Waals surface area contributed by atoms with Gasteiger partial charge in [-0.15, -0.1) is 0 Å². The number of hydrogen-bond acceptors (Lipinski definition) is 4. The highest BCUT2D eigenvalue weighted by atomic mass is 16.5. The van der Waals surface area contributed by atoms with Gasteiger partial charge < -0.3 is 10.1 Å². The molecule has 0 aromatic heterocycles. The maximum atomic E-state index is 11.8. The first-order valence-electron chi connectivity index (χ1n) is 5.27. The van der Waals surface area contributed by atoms with Gasteiger partial charge in [0.25, 0.3) is 0 Å². The molecule has 0 saturated heterocycles. The van der Waals surface area contributed by atoms with E-state index in [-0.39, 0.29) is 18.2 Å². The first-order chi connectivity index (χ1) is 7.72. The minimum absolute atomic E-state index is 0.0209. The summed E-state index contributed by atoms with van der Waals surface area (Å²) in [6, 6.07) is 6.63. The van der Waals surface area contributed by atoms with Crippen molar-refractivity contribution in [3.05, 3.63) is 29.8 Å². The second kappa shape index (κ2) is 4.35. The first-order valence-corrected chi connectivity index (χ1v) is 5.27. The zero-order valence-electron chi connectivity index (χ0n) is 9.03. The molecular weight excluding hydrogens is 206 g/mol. The van der Waals surface area contributed by atoms with Gasteiger partial charge in [0.05, 0.1) is 6.61 Å². The molecule has 0 fully saturated rings. The van der Waals surface area contributed by atoms with Gasteiger partial charge >= 0.3 is 5.97 Å². The Morgan fingerprint density at radius 2 is 2.25 bits per heavy atom. The molecule has 4 nitrogen and oxygen atoms in total. The van der Waals surface area contributed by atoms with Crippen LogP contribution in [0.5, 0.6) is 0 Å². The molecule has 2 rings (SSSR count). The molecule has 1 atom stereocenters. The van der Waals surface area contributed by atoms with Crippen LogP contribution in [0.4, 0.5) is 5.69 Å². The van der Waals surface area contributed by atoms with Crippen molar-refractivity contribution >= 4 is 17.4 Å². The van der Waals surface area contributed by atoms with Crippen LogP contribution in [0.3, 0.4) is 0 Å². The number of nitrogens with one attached hydrogen (secondary N) is 1. The van der Waals surface area contributed by atoms with E-state index in [0.29, 0.717) is 17.9 Å². The highest BCUT2D eigenvalue weighted by Gasteiger charge is 2.29. The van der Waals surface area contributed by atoms with Gasteiger partial charge in [0, 0.05) is 17.7 Å². The number of ether oxygens (including phenoxy) is 1. The molecular formula is C12H13NO3. The molecule has 1 aromatic rings. The fraction of sp³-hybridized carbons (Fsp3) is 0.333. The second-order valence-electron chi connectivity index (χ2n) is 3.62. The number of Topliss-reactive ketones (excluding diaryl/α,β-unsaturated/α-hetero) is 1. The lowest BCUT2D eigenvalue weighted by molar-refractivity contribution is -0.144. The van der Waals surface area contributed by atoms with Crippen molar-refractivity contribution < 1.29 is 14.3 Å². The quantitative estimate of drug-likeness (QED) is 0.768. The van der Waals surface area contributed by atoms with Crippen molar-refractivity contribution in [3.8, 4) is 0 Å². The maximum Gasteiger partial charge on any atom is 0.329 e. The summed E-state index contributed by atoms with van der Waals surface area (Å²) >= 11 is 0. The molecule has 1 aliphatic rings. The summed E-state index contributed by atoms with van der Waals surface area (Å²) in [4.78, 5) is 23.3. The predicted molar refractivity (Wildman–Crippen MR) is 59.4 cm³/mol. The third-order valence-corrected chi connectivity index (χ3v) is 2.52. The van der Waals surface area contributed by atoms with Crippen molar-refractivity contribution in [2.75, 3.05) is 11.9 Å². The summed E-state index contributed by atoms with van der Waals surface area (Å²) < 4.78 is 4.89. The summed E-state index contributed by atoms with van der Waals surface area (Å²) in [6.07, 6.45) is 0.163. The Hall–Kier alpha value is -1.84. The summed E-state index contributed by atoms with van der Waals surface area (Å²) in [7, 11) is 0. The average Bonchev–Trinajstić information content (AvgIpc) is 2.29. The minimum atomic E-state index is -0.553. The summed E-state index contributed by atoms with van der Waals surface area (Å²) in [5, 5.41) is 3.02. The minimum Gasteiger partial charge on any atom is -0.464 e. The van der Waals surface area contributed by atoms with Crippen LogP contribution < -0.4 is 5.32 Å². The highest BCUT2D eigenvalue weighted by molar-refractivity contribution is 6.06. The number of ketones is 1. The monoisotopic (exact) mass is 219 g/mol. The molecule has 0 saturated carbocycles. The Morgan fingerprint density at radius 1 is 1.50 bits per heavy atom. The van der Waals surface area contributed by atoms with Crippen LogP contribution >= 0.6 is 0 Å². The second-order valence-corrected chi connectivity index (χ2v) is 3.62. The van der Waals surface area contributed by atoms with E-state index in [1.54, 1.807) is 19.1 Å². The van der Waals surface area contributed by atoms with Crippen LogP contribution in [0.15, 0.2) is 24.3 Å². The van der Waals surface area contributed by atoms with E-state index in [1.807, 2.05) is 12.1 Å². The molecule has 4 heteroatoms. The van der Waals surface area contributed by atoms with Gasteiger partial charge in [-0.05, 0) is 19.1 Å². The molecule has 84 valence electrons. The van der Waals surface area contributed by atoms with E-state index < -0.39 is 6.04 Å². The van der Waals surface area contributed by atoms with E-state index >= 15 is 0 Å². The molecule has 0 unspecified atom stereocenters. The Kier molecular flexibility index (Phi) is 2.90. The smallest absolute Gasteiger partial charge is 0.329 e. The summed E-state index contributed by atoms with van der Waals surface area (Å²) in [5.74, 6) is -0.391. The van der Waals surface area contributed by atoms with E-state index in [1.165, 1.54) is 0 Å². The molecule has 16 heavy (non-hydrogen) atoms. The zero-order valence-corrected chi connectivity index (χ0v) is 9.03. The van der Waals surface area contributed by atoms with Crippen LogP contribution in [0.1, 0.15) is 23.7 Å². The summed E-state index contributed by atoms with van der Waals surface area (Å²) in [6.45, 7) is 2.07. The van der Waals surface area contributed by atoms with Crippen LogP contribution in [0, 0.1) is 0 Å². The Balaban J connectivity index is 2.21. The third-order valence-electron chi connectivity index (χ3n) is 2.52. The number of carbonyl (C=O) groups is 2. The zero-order chi connectivity index (χ0) is 11.5. The standard InChI is InChI=1S/C12H13NO3/c1-2-16-12(15)10-7-11(14)8-5-3-4-6-9(8)13-10/h3-6,10,13H,2,7H2,1H3/t10-/m0/s1. The van der Waals surface area contributed by atoms with Crippen molar-refractivity contribution in [1.29, 1.82) is 0 Å². The van der Waals surface area contributed by atoms with Gasteiger partial charge in [0.2, 0.25) is 0 Å². The molecule has 1 aromatic carbocycles. The third kappa shape index (κ3) is 1.91. The Bertz CT molecular complexity index is 428. The van der Waals surface area contributed by atoms with Crippen LogP contribution in [-0.2, 0) is 9.53 Å². The number of para-hydroxylation sites is 1. The van der Waals surface area contributed by atoms with E-state index in [2.05, 4.69) is 5.32 Å². The van der Waals surface area contributed by atoms with Crippen molar-refractivity contribution in [1.82, 2.24) is 0 Å². The normalized spacial score (nSPS) is 18.6. The number of rotatable bonds is 2. The molecule has 0 amide bonds. The number of anilines is 1. The molecule has 1 N–H and O–H groups in total. The molecule has 0 spiro atoms. The van der Waals surface area contributed by atoms with E-state index in [0.717, 1.165) is 0 Å². The van der Waals surface area contributed by atoms with E-state index in [9.17, 15) is 9.59 Å². The van der Waals surface area contributed by atoms with Gasteiger partial charge in [-0.1, -0.05) is 12.1 Å². The lowest BCUT2D eigenvalue weighted by atomic mass is 9.97. The van der Waals surface area contributed by atoms with E-state index in [4.69, 9.17) is 4.74 Å². The largest absolute Gasteiger partial charge is 0.464 e. The number of hydrogen-bond donors (Lipinski definition) is 1. The van der Waals surface area contributed by atoms with Crippen LogP contribution in [0.2, 0.25) is 0 Å². The average molecular weight is 219 g/mol. The van der Waals surface area contributed by atoms with Crippen molar-refractivity contribution in [2.45, 2.75) is 19.4 Å². The van der Waals surface area contributed by atoms with Crippen molar-refractivity contribution in [3.63, 3.8) is 0 Å². The van der Waals surface area contributed by atoms with Gasteiger partial charge in [0.15, 0.2) is 5.78 Å². The number of esters is 1. The molecule has 0 aliphatic carbocycles. The highest BCUT2D eigenvalue weighted by Crippen LogP contribution is 2.24.